The molecule has 4 aliphatic rings. The quantitative estimate of drug-likeness (QED) is 0.188. The third kappa shape index (κ3) is 4.72. The van der Waals surface area contributed by atoms with Gasteiger partial charge in [0.15, 0.2) is 23.0 Å². The fourth-order valence-corrected chi connectivity index (χ4v) is 6.57. The van der Waals surface area contributed by atoms with Crippen molar-refractivity contribution in [2.45, 2.75) is 77.0 Å². The summed E-state index contributed by atoms with van der Waals surface area (Å²) in [6.07, 6.45) is 2.11. The van der Waals surface area contributed by atoms with Crippen LogP contribution in [0.1, 0.15) is 65.2 Å². The van der Waals surface area contributed by atoms with Crippen molar-refractivity contribution in [1.82, 2.24) is 10.2 Å². The second-order valence-electron chi connectivity index (χ2n) is 11.4. The van der Waals surface area contributed by atoms with Crippen LogP contribution in [-0.4, -0.2) is 80.3 Å². The van der Waals surface area contributed by atoms with Crippen LogP contribution >= 0.6 is 0 Å². The molecule has 0 aromatic carbocycles. The van der Waals surface area contributed by atoms with Crippen LogP contribution < -0.4 is 5.32 Å². The molecule has 0 aromatic rings. The first kappa shape index (κ1) is 29.0. The lowest BCUT2D eigenvalue weighted by Crippen LogP contribution is -2.53. The summed E-state index contributed by atoms with van der Waals surface area (Å²) in [4.78, 5) is 40.7. The van der Waals surface area contributed by atoms with Gasteiger partial charge in [0.2, 0.25) is 0 Å². The van der Waals surface area contributed by atoms with Crippen LogP contribution in [0.2, 0.25) is 0 Å². The van der Waals surface area contributed by atoms with E-state index in [2.05, 4.69) is 5.32 Å². The zero-order chi connectivity index (χ0) is 28.8. The minimum absolute atomic E-state index is 0.0419. The molecule has 0 aliphatic heterocycles. The molecule has 39 heavy (non-hydrogen) atoms. The molecule has 4 aliphatic carbocycles. The van der Waals surface area contributed by atoms with Crippen LogP contribution in [0.4, 0.5) is 0 Å². The van der Waals surface area contributed by atoms with Gasteiger partial charge >= 0.3 is 0 Å². The first-order valence-electron chi connectivity index (χ1n) is 13.8. The molecule has 4 rings (SSSR count). The summed E-state index contributed by atoms with van der Waals surface area (Å²) in [5.74, 6) is -5.63. The van der Waals surface area contributed by atoms with Gasteiger partial charge in [-0.1, -0.05) is 20.3 Å². The maximum absolute atomic E-state index is 13.7. The van der Waals surface area contributed by atoms with Crippen molar-refractivity contribution in [2.75, 3.05) is 20.6 Å². The Balaban J connectivity index is 1.81. The highest BCUT2D eigenvalue weighted by Crippen LogP contribution is 2.55. The molecule has 0 heterocycles. The number of fused-ring (bicyclic) bond motifs is 3. The highest BCUT2D eigenvalue weighted by Gasteiger charge is 2.58. The molecule has 0 saturated carbocycles. The van der Waals surface area contributed by atoms with Crippen molar-refractivity contribution in [3.8, 4) is 0 Å². The smallest absolute Gasteiger partial charge is 0.182 e. The highest BCUT2D eigenvalue weighted by molar-refractivity contribution is 6.21. The van der Waals surface area contributed by atoms with Crippen molar-refractivity contribution < 1.29 is 39.9 Å². The van der Waals surface area contributed by atoms with Crippen LogP contribution in [-0.2, 0) is 14.4 Å². The second kappa shape index (κ2) is 10.9. The number of hydrogen-bond acceptors (Lipinski definition) is 10. The van der Waals surface area contributed by atoms with Gasteiger partial charge < -0.3 is 30.4 Å². The molecule has 10 nitrogen and oxygen atoms in total. The third-order valence-corrected chi connectivity index (χ3v) is 8.71. The number of carbonyl (C=O) groups excluding carboxylic acids is 3. The van der Waals surface area contributed by atoms with E-state index in [1.54, 1.807) is 0 Å². The number of aliphatic hydroxyl groups is 5. The summed E-state index contributed by atoms with van der Waals surface area (Å²) in [5.41, 5.74) is -1.42. The maximum Gasteiger partial charge on any atom is 0.182 e. The van der Waals surface area contributed by atoms with Crippen molar-refractivity contribution in [1.29, 1.82) is 0 Å². The summed E-state index contributed by atoms with van der Waals surface area (Å²) in [7, 11) is 3.70. The van der Waals surface area contributed by atoms with Crippen molar-refractivity contribution in [3.63, 3.8) is 0 Å². The van der Waals surface area contributed by atoms with Gasteiger partial charge in [-0.25, -0.2) is 0 Å². The van der Waals surface area contributed by atoms with E-state index in [-0.39, 0.29) is 42.7 Å². The van der Waals surface area contributed by atoms with Crippen molar-refractivity contribution >= 4 is 17.3 Å². The number of hydrogen-bond donors (Lipinski definition) is 6. The minimum atomic E-state index is -2.41. The lowest BCUT2D eigenvalue weighted by atomic mass is 9.60. The minimum Gasteiger partial charge on any atom is -0.508 e. The molecule has 0 saturated heterocycles. The lowest BCUT2D eigenvalue weighted by molar-refractivity contribution is -0.128. The van der Waals surface area contributed by atoms with E-state index in [4.69, 9.17) is 0 Å². The lowest BCUT2D eigenvalue weighted by Gasteiger charge is -2.47. The predicted molar refractivity (Wildman–Crippen MR) is 142 cm³/mol. The summed E-state index contributed by atoms with van der Waals surface area (Å²) in [5, 5.41) is 58.7. The van der Waals surface area contributed by atoms with Gasteiger partial charge in [0.1, 0.15) is 29.1 Å². The Bertz CT molecular complexity index is 1210. The molecular weight excluding hydrogens is 504 g/mol. The zero-order valence-corrected chi connectivity index (χ0v) is 23.1. The van der Waals surface area contributed by atoms with Gasteiger partial charge in [0, 0.05) is 56.6 Å². The van der Waals surface area contributed by atoms with Crippen molar-refractivity contribution in [3.05, 3.63) is 45.3 Å². The fourth-order valence-electron chi connectivity index (χ4n) is 6.57. The molecule has 10 heteroatoms. The summed E-state index contributed by atoms with van der Waals surface area (Å²) >= 11 is 0. The monoisotopic (exact) mass is 544 g/mol. The van der Waals surface area contributed by atoms with Crippen LogP contribution in [0, 0.1) is 17.8 Å². The second-order valence-corrected chi connectivity index (χ2v) is 11.4. The molecule has 0 radical (unpaired) electrons. The Labute approximate surface area is 228 Å². The fraction of sp³-hybridized carbons (Fsp3) is 0.621. The summed E-state index contributed by atoms with van der Waals surface area (Å²) in [6, 6.07) is 0. The largest absolute Gasteiger partial charge is 0.508 e. The van der Waals surface area contributed by atoms with Crippen molar-refractivity contribution in [2.24, 2.45) is 17.8 Å². The average Bonchev–Trinajstić information content (AvgIpc) is 2.88. The van der Waals surface area contributed by atoms with Gasteiger partial charge in [0.25, 0.3) is 0 Å². The number of nitrogens with zero attached hydrogens (tertiary/aromatic N) is 1. The van der Waals surface area contributed by atoms with Crippen LogP contribution in [0.5, 0.6) is 0 Å². The van der Waals surface area contributed by atoms with E-state index in [9.17, 15) is 39.9 Å². The first-order valence-corrected chi connectivity index (χ1v) is 13.8. The molecule has 214 valence electrons. The molecule has 0 amide bonds. The molecule has 6 N–H and O–H groups in total. The Morgan fingerprint density at radius 1 is 1.10 bits per heavy atom. The van der Waals surface area contributed by atoms with Crippen LogP contribution in [0.3, 0.4) is 0 Å². The van der Waals surface area contributed by atoms with E-state index in [1.807, 2.05) is 25.9 Å². The first-order chi connectivity index (χ1) is 18.4. The Morgan fingerprint density at radius 3 is 2.41 bits per heavy atom. The van der Waals surface area contributed by atoms with Crippen LogP contribution in [0.25, 0.3) is 0 Å². The van der Waals surface area contributed by atoms with Gasteiger partial charge in [-0.15, -0.1) is 0 Å². The number of aliphatic hydroxyl groups excluding tert-OH is 4. The van der Waals surface area contributed by atoms with E-state index in [0.717, 1.165) is 18.5 Å². The number of allylic oxidation sites excluding steroid dienone is 5. The van der Waals surface area contributed by atoms with E-state index >= 15 is 0 Å². The average molecular weight is 545 g/mol. The third-order valence-electron chi connectivity index (χ3n) is 8.71. The number of Topliss-reactive ketones (excluding diaryl/α,β-unsaturated/α-hetero) is 3. The predicted octanol–water partition coefficient (Wildman–Crippen LogP) is 2.65. The molecule has 0 aromatic heterocycles. The number of unbranched alkanes of at least 4 members (excludes halogenated alkanes) is 1. The molecule has 0 bridgehead atoms. The summed E-state index contributed by atoms with van der Waals surface area (Å²) in [6.45, 7) is 3.74. The molecule has 5 atom stereocenters. The number of rotatable bonds is 9. The van der Waals surface area contributed by atoms with Crippen LogP contribution in [0.15, 0.2) is 45.3 Å². The highest BCUT2D eigenvalue weighted by atomic mass is 16.4. The standard InChI is InChI=1S/C29H40N2O8/c1-5-7-8-21(34)30-13-15-11-18(31(3)4)17-10-14-9-16-12-20(33)24(19(32)6-2)28(38)29(16,39)27(37)22(14)26(36)23(17)25(15)35/h14-16,21,30,34,36-39H,5-13H2,1-4H3/t14-,15?,16+,21?,29+/m1/s1. The summed E-state index contributed by atoms with van der Waals surface area (Å²) < 4.78 is 0. The van der Waals surface area contributed by atoms with E-state index in [0.29, 0.717) is 24.8 Å². The van der Waals surface area contributed by atoms with Gasteiger partial charge in [-0.05, 0) is 43.6 Å². The van der Waals surface area contributed by atoms with E-state index in [1.165, 1.54) is 6.92 Å². The normalized spacial score (nSPS) is 29.8. The Kier molecular flexibility index (Phi) is 8.12. The Morgan fingerprint density at radius 2 is 1.79 bits per heavy atom. The SMILES string of the molecule is CCCCC(O)NCC1CC(N(C)C)=C2C[C@H]3C[C@H]4CC(=O)C(C(=O)CC)=C(O)[C@@]4(O)C(O)=C3C(O)=C2C1=O. The van der Waals surface area contributed by atoms with Gasteiger partial charge in [0.05, 0.1) is 5.57 Å². The molecule has 0 spiro atoms. The Hall–Kier alpha value is -2.95. The van der Waals surface area contributed by atoms with Gasteiger partial charge in [-0.3, -0.25) is 19.7 Å². The molecule has 2 unspecified atom stereocenters. The number of nitrogens with one attached hydrogen (secondary N) is 1. The zero-order valence-electron chi connectivity index (χ0n) is 23.1. The maximum atomic E-state index is 13.7. The number of carbonyl (C=O) groups is 3. The van der Waals surface area contributed by atoms with E-state index < -0.39 is 64.0 Å². The topological polar surface area (TPSA) is 168 Å². The molecular formula is C29H40N2O8. The number of ketones is 3. The van der Waals surface area contributed by atoms with Gasteiger partial charge in [-0.2, -0.15) is 0 Å². The molecule has 0 fully saturated rings.